The van der Waals surface area contributed by atoms with Crippen molar-refractivity contribution >= 4 is 0 Å². The van der Waals surface area contributed by atoms with Crippen molar-refractivity contribution in [3.05, 3.63) is 11.8 Å². The van der Waals surface area contributed by atoms with Crippen molar-refractivity contribution < 1.29 is 4.42 Å². The fourth-order valence-electron chi connectivity index (χ4n) is 2.35. The summed E-state index contributed by atoms with van der Waals surface area (Å²) in [4.78, 5) is 0. The highest BCUT2D eigenvalue weighted by Crippen LogP contribution is 2.34. The number of hydrogen-bond donors (Lipinski definition) is 1. The van der Waals surface area contributed by atoms with Crippen molar-refractivity contribution in [1.29, 1.82) is 0 Å². The lowest BCUT2D eigenvalue weighted by Crippen LogP contribution is -2.35. The summed E-state index contributed by atoms with van der Waals surface area (Å²) in [6, 6.07) is 0. The highest BCUT2D eigenvalue weighted by molar-refractivity contribution is 4.94. The minimum Gasteiger partial charge on any atom is -0.424 e. The van der Waals surface area contributed by atoms with Crippen LogP contribution in [0.25, 0.3) is 0 Å². The molecule has 2 rings (SSSR count). The van der Waals surface area contributed by atoms with E-state index in [0.29, 0.717) is 18.4 Å². The quantitative estimate of drug-likeness (QED) is 0.896. The van der Waals surface area contributed by atoms with E-state index in [1.165, 1.54) is 25.7 Å². The van der Waals surface area contributed by atoms with E-state index in [4.69, 9.17) is 4.42 Å². The SMILES string of the molecule is CC1CCC(c2nnc(CNC(C)(C)C)o2)CC1. The Hall–Kier alpha value is -0.900. The second-order valence-electron chi connectivity index (χ2n) is 6.59. The van der Waals surface area contributed by atoms with Crippen LogP contribution in [0.15, 0.2) is 4.42 Å². The van der Waals surface area contributed by atoms with Gasteiger partial charge in [-0.15, -0.1) is 10.2 Å². The Labute approximate surface area is 110 Å². The van der Waals surface area contributed by atoms with Gasteiger partial charge in [-0.25, -0.2) is 0 Å². The Bertz CT molecular complexity index is 373. The molecule has 0 bridgehead atoms. The minimum absolute atomic E-state index is 0.0783. The molecule has 0 saturated heterocycles. The molecule has 0 amide bonds. The summed E-state index contributed by atoms with van der Waals surface area (Å²) in [5, 5.41) is 11.7. The number of hydrogen-bond acceptors (Lipinski definition) is 4. The van der Waals surface area contributed by atoms with Crippen molar-refractivity contribution in [2.45, 2.75) is 71.4 Å². The van der Waals surface area contributed by atoms with Crippen molar-refractivity contribution in [1.82, 2.24) is 15.5 Å². The molecule has 1 saturated carbocycles. The van der Waals surface area contributed by atoms with Crippen LogP contribution in [0.3, 0.4) is 0 Å². The van der Waals surface area contributed by atoms with Crippen molar-refractivity contribution in [2.24, 2.45) is 5.92 Å². The third-order valence-electron chi connectivity index (χ3n) is 3.62. The molecule has 1 N–H and O–H groups in total. The van der Waals surface area contributed by atoms with Crippen LogP contribution in [0.5, 0.6) is 0 Å². The zero-order valence-electron chi connectivity index (χ0n) is 12.0. The molecule has 4 nitrogen and oxygen atoms in total. The van der Waals surface area contributed by atoms with Gasteiger partial charge in [0.05, 0.1) is 6.54 Å². The standard InChI is InChI=1S/C14H25N3O/c1-10-5-7-11(8-6-10)13-17-16-12(18-13)9-15-14(2,3)4/h10-11,15H,5-9H2,1-4H3. The zero-order valence-corrected chi connectivity index (χ0v) is 12.0. The second kappa shape index (κ2) is 5.39. The van der Waals surface area contributed by atoms with E-state index in [0.717, 1.165) is 11.8 Å². The Morgan fingerprint density at radius 3 is 2.44 bits per heavy atom. The maximum Gasteiger partial charge on any atom is 0.230 e. The second-order valence-corrected chi connectivity index (χ2v) is 6.59. The lowest BCUT2D eigenvalue weighted by atomic mass is 9.83. The molecule has 0 aromatic carbocycles. The smallest absolute Gasteiger partial charge is 0.230 e. The van der Waals surface area contributed by atoms with Crippen LogP contribution in [0.2, 0.25) is 0 Å². The first kappa shape index (κ1) is 13.5. The summed E-state index contributed by atoms with van der Waals surface area (Å²) in [6.45, 7) is 9.37. The molecule has 1 aromatic rings. The molecule has 0 atom stereocenters. The van der Waals surface area contributed by atoms with E-state index in [1.807, 2.05) is 0 Å². The largest absolute Gasteiger partial charge is 0.424 e. The highest BCUT2D eigenvalue weighted by atomic mass is 16.4. The first-order valence-electron chi connectivity index (χ1n) is 7.01. The summed E-state index contributed by atoms with van der Waals surface area (Å²) in [5.74, 6) is 2.88. The summed E-state index contributed by atoms with van der Waals surface area (Å²) >= 11 is 0. The van der Waals surface area contributed by atoms with Crippen LogP contribution in [-0.2, 0) is 6.54 Å². The number of nitrogens with one attached hydrogen (secondary N) is 1. The minimum atomic E-state index is 0.0783. The number of aromatic nitrogens is 2. The Kier molecular flexibility index (Phi) is 4.05. The third-order valence-corrected chi connectivity index (χ3v) is 3.62. The van der Waals surface area contributed by atoms with E-state index in [2.05, 4.69) is 43.2 Å². The van der Waals surface area contributed by atoms with E-state index in [1.54, 1.807) is 0 Å². The molecule has 0 spiro atoms. The third kappa shape index (κ3) is 3.80. The van der Waals surface area contributed by atoms with Gasteiger partial charge in [-0.05, 0) is 52.4 Å². The predicted molar refractivity (Wildman–Crippen MR) is 71.3 cm³/mol. The Morgan fingerprint density at radius 1 is 1.17 bits per heavy atom. The summed E-state index contributed by atoms with van der Waals surface area (Å²) in [5.41, 5.74) is 0.0783. The van der Waals surface area contributed by atoms with Crippen molar-refractivity contribution in [3.63, 3.8) is 0 Å². The van der Waals surface area contributed by atoms with Crippen molar-refractivity contribution in [3.8, 4) is 0 Å². The Morgan fingerprint density at radius 2 is 1.83 bits per heavy atom. The van der Waals surface area contributed by atoms with Gasteiger partial charge < -0.3 is 9.73 Å². The molecule has 0 unspecified atom stereocenters. The van der Waals surface area contributed by atoms with Gasteiger partial charge in [0.15, 0.2) is 0 Å². The number of rotatable bonds is 3. The molecule has 0 radical (unpaired) electrons. The average Bonchev–Trinajstić information content (AvgIpc) is 2.75. The fraction of sp³-hybridized carbons (Fsp3) is 0.857. The molecular weight excluding hydrogens is 226 g/mol. The van der Waals surface area contributed by atoms with Gasteiger partial charge in [-0.2, -0.15) is 0 Å². The molecule has 1 aliphatic rings. The topological polar surface area (TPSA) is 51.0 Å². The summed E-state index contributed by atoms with van der Waals surface area (Å²) in [7, 11) is 0. The van der Waals surface area contributed by atoms with Crippen LogP contribution in [0.4, 0.5) is 0 Å². The molecule has 18 heavy (non-hydrogen) atoms. The normalized spacial score (nSPS) is 25.3. The van der Waals surface area contributed by atoms with Crippen LogP contribution in [0, 0.1) is 5.92 Å². The Balaban J connectivity index is 1.90. The molecule has 102 valence electrons. The van der Waals surface area contributed by atoms with Gasteiger partial charge in [0.25, 0.3) is 0 Å². The van der Waals surface area contributed by atoms with E-state index < -0.39 is 0 Å². The maximum atomic E-state index is 5.77. The first-order chi connectivity index (χ1) is 8.44. The van der Waals surface area contributed by atoms with Gasteiger partial charge >= 0.3 is 0 Å². The fourth-order valence-corrected chi connectivity index (χ4v) is 2.35. The van der Waals surface area contributed by atoms with Gasteiger partial charge in [0.2, 0.25) is 11.8 Å². The molecule has 4 heteroatoms. The number of nitrogens with zero attached hydrogens (tertiary/aromatic N) is 2. The molecule has 1 fully saturated rings. The predicted octanol–water partition coefficient (Wildman–Crippen LogP) is 3.25. The molecule has 1 aromatic heterocycles. The molecule has 0 aliphatic heterocycles. The van der Waals surface area contributed by atoms with Crippen LogP contribution >= 0.6 is 0 Å². The molecule has 1 heterocycles. The van der Waals surface area contributed by atoms with E-state index >= 15 is 0 Å². The lowest BCUT2D eigenvalue weighted by molar-refractivity contribution is 0.296. The van der Waals surface area contributed by atoms with Gasteiger partial charge in [-0.3, -0.25) is 0 Å². The summed E-state index contributed by atoms with van der Waals surface area (Å²) < 4.78 is 5.77. The van der Waals surface area contributed by atoms with Gasteiger partial charge in [0, 0.05) is 11.5 Å². The van der Waals surface area contributed by atoms with Crippen LogP contribution < -0.4 is 5.32 Å². The molecule has 1 aliphatic carbocycles. The molecular formula is C14H25N3O. The lowest BCUT2D eigenvalue weighted by Gasteiger charge is -2.23. The van der Waals surface area contributed by atoms with E-state index in [-0.39, 0.29) is 5.54 Å². The zero-order chi connectivity index (χ0) is 13.2. The van der Waals surface area contributed by atoms with Crippen LogP contribution in [-0.4, -0.2) is 15.7 Å². The maximum absolute atomic E-state index is 5.77. The van der Waals surface area contributed by atoms with Gasteiger partial charge in [-0.1, -0.05) is 6.92 Å². The summed E-state index contributed by atoms with van der Waals surface area (Å²) in [6.07, 6.45) is 4.94. The average molecular weight is 251 g/mol. The van der Waals surface area contributed by atoms with Crippen LogP contribution in [0.1, 0.15) is 71.1 Å². The van der Waals surface area contributed by atoms with Gasteiger partial charge in [0.1, 0.15) is 0 Å². The first-order valence-corrected chi connectivity index (χ1v) is 7.01. The monoisotopic (exact) mass is 251 g/mol. The van der Waals surface area contributed by atoms with Crippen molar-refractivity contribution in [2.75, 3.05) is 0 Å². The highest BCUT2D eigenvalue weighted by Gasteiger charge is 2.24. The van der Waals surface area contributed by atoms with E-state index in [9.17, 15) is 0 Å².